The number of amides is 2. The minimum atomic E-state index is -0.0640. The minimum Gasteiger partial charge on any atom is -0.346 e. The highest BCUT2D eigenvalue weighted by molar-refractivity contribution is 7.13. The number of fused-ring (bicyclic) bond motifs is 1. The van der Waals surface area contributed by atoms with Crippen molar-refractivity contribution >= 4 is 23.2 Å². The Morgan fingerprint density at radius 1 is 1.32 bits per heavy atom. The molecule has 2 amide bonds. The van der Waals surface area contributed by atoms with Crippen molar-refractivity contribution < 1.29 is 9.59 Å². The highest BCUT2D eigenvalue weighted by atomic mass is 32.1. The number of thiophene rings is 1. The van der Waals surface area contributed by atoms with E-state index in [1.54, 1.807) is 0 Å². The quantitative estimate of drug-likeness (QED) is 0.912. The molecule has 1 aliphatic heterocycles. The van der Waals surface area contributed by atoms with Gasteiger partial charge < -0.3 is 10.2 Å². The van der Waals surface area contributed by atoms with E-state index in [2.05, 4.69) is 10.4 Å². The van der Waals surface area contributed by atoms with Crippen molar-refractivity contribution in [2.75, 3.05) is 6.54 Å². The van der Waals surface area contributed by atoms with E-state index in [1.807, 2.05) is 34.7 Å². The lowest BCUT2D eigenvalue weighted by molar-refractivity contribution is -0.139. The molecule has 2 aromatic rings. The lowest BCUT2D eigenvalue weighted by Gasteiger charge is -2.34. The summed E-state index contributed by atoms with van der Waals surface area (Å²) in [5, 5.41) is 7.49. The van der Waals surface area contributed by atoms with E-state index in [-0.39, 0.29) is 11.8 Å². The molecule has 1 N–H and O–H groups in total. The van der Waals surface area contributed by atoms with E-state index >= 15 is 0 Å². The van der Waals surface area contributed by atoms with E-state index < -0.39 is 0 Å². The molecular formula is C18H22N4O2S. The summed E-state index contributed by atoms with van der Waals surface area (Å²) in [4.78, 5) is 28.4. The summed E-state index contributed by atoms with van der Waals surface area (Å²) in [6.07, 6.45) is 3.25. The normalized spacial score (nSPS) is 17.1. The standard InChI is InChI=1S/C18H22N4O2S/c1-12-5-6-16(25-12)17(23)19-10-14-9-15-11-21(7-8-22(15)20-14)18(24)13-3-2-4-13/h5-6,9,13H,2-4,7-8,10-11H2,1H3,(H,19,23). The van der Waals surface area contributed by atoms with Gasteiger partial charge in [-0.05, 0) is 38.0 Å². The van der Waals surface area contributed by atoms with Gasteiger partial charge in [0.2, 0.25) is 5.91 Å². The van der Waals surface area contributed by atoms with Crippen LogP contribution in [-0.2, 0) is 24.4 Å². The molecule has 1 fully saturated rings. The van der Waals surface area contributed by atoms with Crippen LogP contribution in [-0.4, -0.2) is 33.0 Å². The number of nitrogens with zero attached hydrogens (tertiary/aromatic N) is 3. The summed E-state index contributed by atoms with van der Waals surface area (Å²) < 4.78 is 1.96. The zero-order chi connectivity index (χ0) is 17.4. The second-order valence-electron chi connectivity index (χ2n) is 6.83. The van der Waals surface area contributed by atoms with Gasteiger partial charge in [0, 0.05) is 17.3 Å². The second kappa shape index (κ2) is 6.63. The largest absolute Gasteiger partial charge is 0.346 e. The van der Waals surface area contributed by atoms with Crippen LogP contribution in [0.3, 0.4) is 0 Å². The number of nitrogens with one attached hydrogen (secondary N) is 1. The first-order valence-electron chi connectivity index (χ1n) is 8.79. The molecule has 4 rings (SSSR count). The van der Waals surface area contributed by atoms with Crippen LogP contribution in [0.25, 0.3) is 0 Å². The summed E-state index contributed by atoms with van der Waals surface area (Å²) in [6.45, 7) is 4.48. The van der Waals surface area contributed by atoms with Crippen molar-refractivity contribution in [2.45, 2.75) is 45.8 Å². The predicted octanol–water partition coefficient (Wildman–Crippen LogP) is 2.33. The van der Waals surface area contributed by atoms with Gasteiger partial charge in [-0.1, -0.05) is 6.42 Å². The molecule has 25 heavy (non-hydrogen) atoms. The first-order chi connectivity index (χ1) is 12.1. The van der Waals surface area contributed by atoms with Crippen LogP contribution in [0.15, 0.2) is 18.2 Å². The molecule has 7 heteroatoms. The fraction of sp³-hybridized carbons (Fsp3) is 0.500. The molecule has 1 saturated carbocycles. The number of rotatable bonds is 4. The average molecular weight is 358 g/mol. The second-order valence-corrected chi connectivity index (χ2v) is 8.12. The zero-order valence-corrected chi connectivity index (χ0v) is 15.1. The van der Waals surface area contributed by atoms with Crippen molar-refractivity contribution in [3.8, 4) is 0 Å². The lowest BCUT2D eigenvalue weighted by atomic mass is 9.84. The molecule has 2 aromatic heterocycles. The molecule has 0 bridgehead atoms. The number of hydrogen-bond acceptors (Lipinski definition) is 4. The highest BCUT2D eigenvalue weighted by Crippen LogP contribution is 2.29. The van der Waals surface area contributed by atoms with E-state index in [4.69, 9.17) is 0 Å². The van der Waals surface area contributed by atoms with E-state index in [9.17, 15) is 9.59 Å². The molecule has 0 aromatic carbocycles. The SMILES string of the molecule is Cc1ccc(C(=O)NCc2cc3n(n2)CCN(C(=O)C2CCC2)C3)s1. The number of aryl methyl sites for hydroxylation is 1. The molecule has 0 radical (unpaired) electrons. The Balaban J connectivity index is 1.37. The summed E-state index contributed by atoms with van der Waals surface area (Å²) in [5.41, 5.74) is 1.89. The molecule has 0 spiro atoms. The Hall–Kier alpha value is -2.15. The van der Waals surface area contributed by atoms with Crippen molar-refractivity contribution in [1.29, 1.82) is 0 Å². The van der Waals surface area contributed by atoms with Crippen LogP contribution < -0.4 is 5.32 Å². The van der Waals surface area contributed by atoms with Gasteiger partial charge in [0.25, 0.3) is 5.91 Å². The Kier molecular flexibility index (Phi) is 4.33. The minimum absolute atomic E-state index is 0.0640. The molecule has 3 heterocycles. The van der Waals surface area contributed by atoms with Crippen molar-refractivity contribution in [3.63, 3.8) is 0 Å². The topological polar surface area (TPSA) is 67.2 Å². The Morgan fingerprint density at radius 2 is 2.16 bits per heavy atom. The van der Waals surface area contributed by atoms with Gasteiger partial charge in [-0.2, -0.15) is 5.10 Å². The van der Waals surface area contributed by atoms with Gasteiger partial charge in [0.05, 0.1) is 35.9 Å². The number of aromatic nitrogens is 2. The number of carbonyl (C=O) groups is 2. The fourth-order valence-corrected chi connectivity index (χ4v) is 4.11. The lowest BCUT2D eigenvalue weighted by Crippen LogP contribution is -2.43. The van der Waals surface area contributed by atoms with Gasteiger partial charge in [-0.25, -0.2) is 0 Å². The van der Waals surface area contributed by atoms with Gasteiger partial charge in [-0.3, -0.25) is 14.3 Å². The van der Waals surface area contributed by atoms with E-state index in [1.165, 1.54) is 17.8 Å². The van der Waals surface area contributed by atoms with E-state index in [0.29, 0.717) is 19.0 Å². The van der Waals surface area contributed by atoms with Gasteiger partial charge in [0.1, 0.15) is 0 Å². The molecule has 132 valence electrons. The Morgan fingerprint density at radius 3 is 2.84 bits per heavy atom. The predicted molar refractivity (Wildman–Crippen MR) is 95.2 cm³/mol. The Bertz CT molecular complexity index is 806. The molecule has 2 aliphatic rings. The molecule has 0 unspecified atom stereocenters. The van der Waals surface area contributed by atoms with E-state index in [0.717, 1.165) is 47.1 Å². The maximum atomic E-state index is 12.4. The number of carbonyl (C=O) groups excluding carboxylic acids is 2. The average Bonchev–Trinajstić information content (AvgIpc) is 3.15. The first kappa shape index (κ1) is 16.3. The molecular weight excluding hydrogens is 336 g/mol. The van der Waals surface area contributed by atoms with Crippen molar-refractivity contribution in [1.82, 2.24) is 20.0 Å². The fourth-order valence-electron chi connectivity index (χ4n) is 3.33. The third-order valence-electron chi connectivity index (χ3n) is 5.01. The van der Waals surface area contributed by atoms with Gasteiger partial charge >= 0.3 is 0 Å². The third-order valence-corrected chi connectivity index (χ3v) is 6.01. The molecule has 1 aliphatic carbocycles. The monoisotopic (exact) mass is 358 g/mol. The van der Waals surface area contributed by atoms with Crippen molar-refractivity contribution in [3.05, 3.63) is 39.3 Å². The van der Waals surface area contributed by atoms with Crippen LogP contribution in [0.1, 0.15) is 45.2 Å². The van der Waals surface area contributed by atoms with Crippen molar-refractivity contribution in [2.24, 2.45) is 5.92 Å². The zero-order valence-electron chi connectivity index (χ0n) is 14.3. The Labute approximate surface area is 150 Å². The van der Waals surface area contributed by atoms with Crippen LogP contribution in [0.4, 0.5) is 0 Å². The molecule has 0 atom stereocenters. The molecule has 0 saturated heterocycles. The smallest absolute Gasteiger partial charge is 0.261 e. The van der Waals surface area contributed by atoms with Gasteiger partial charge in [-0.15, -0.1) is 11.3 Å². The third kappa shape index (κ3) is 3.33. The van der Waals surface area contributed by atoms with Crippen LogP contribution in [0.5, 0.6) is 0 Å². The van der Waals surface area contributed by atoms with Crippen LogP contribution >= 0.6 is 11.3 Å². The van der Waals surface area contributed by atoms with Crippen LogP contribution in [0, 0.1) is 12.8 Å². The van der Waals surface area contributed by atoms with Gasteiger partial charge in [0.15, 0.2) is 0 Å². The first-order valence-corrected chi connectivity index (χ1v) is 9.61. The summed E-state index contributed by atoms with van der Waals surface area (Å²) in [5.74, 6) is 0.468. The summed E-state index contributed by atoms with van der Waals surface area (Å²) >= 11 is 1.49. The summed E-state index contributed by atoms with van der Waals surface area (Å²) in [7, 11) is 0. The maximum absolute atomic E-state index is 12.4. The van der Waals surface area contributed by atoms with Crippen LogP contribution in [0.2, 0.25) is 0 Å². The molecule has 6 nitrogen and oxygen atoms in total. The summed E-state index contributed by atoms with van der Waals surface area (Å²) in [6, 6.07) is 5.79. The number of hydrogen-bond donors (Lipinski definition) is 1. The maximum Gasteiger partial charge on any atom is 0.261 e. The highest BCUT2D eigenvalue weighted by Gasteiger charge is 2.31.